The summed E-state index contributed by atoms with van der Waals surface area (Å²) in [6, 6.07) is 6.49. The van der Waals surface area contributed by atoms with Crippen LogP contribution in [0.4, 0.5) is 5.82 Å². The standard InChI is InChI=1S/C18H16N6O5/c19-15-14-16(21-7-20-15)23(8-22-14)13-5-11(12(6-25)28-13)29-24-17(26)9-3-1-2-4-10(9)18(24)27/h1-4,7-8,11-13,25H,5-6H2,(H2,19,20,21)/t11?,12-,13-/m1/s1. The number of carbonyl (C=O) groups excluding carboxylic acids is 2. The molecule has 2 aliphatic heterocycles. The topological polar surface area (TPSA) is 146 Å². The van der Waals surface area contributed by atoms with Crippen LogP contribution in [0.5, 0.6) is 0 Å². The third-order valence-electron chi connectivity index (χ3n) is 5.06. The molecule has 3 atom stereocenters. The van der Waals surface area contributed by atoms with Gasteiger partial charge in [-0.25, -0.2) is 15.0 Å². The van der Waals surface area contributed by atoms with Gasteiger partial charge in [0.05, 0.1) is 24.1 Å². The van der Waals surface area contributed by atoms with E-state index in [-0.39, 0.29) is 30.0 Å². The number of imide groups is 1. The van der Waals surface area contributed by atoms with Crippen molar-refractivity contribution in [3.63, 3.8) is 0 Å². The number of amides is 2. The fraction of sp³-hybridized carbons (Fsp3) is 0.278. The molecule has 2 aromatic heterocycles. The Morgan fingerprint density at radius 2 is 1.90 bits per heavy atom. The Bertz CT molecular complexity index is 1100. The molecule has 4 heterocycles. The third kappa shape index (κ3) is 2.67. The van der Waals surface area contributed by atoms with Crippen molar-refractivity contribution in [2.45, 2.75) is 24.9 Å². The molecular formula is C18H16N6O5. The maximum absolute atomic E-state index is 12.5. The number of nitrogen functional groups attached to an aromatic ring is 1. The largest absolute Gasteiger partial charge is 0.394 e. The van der Waals surface area contributed by atoms with Crippen LogP contribution in [0.25, 0.3) is 11.2 Å². The fourth-order valence-electron chi connectivity index (χ4n) is 3.63. The van der Waals surface area contributed by atoms with Crippen LogP contribution in [-0.2, 0) is 9.57 Å². The summed E-state index contributed by atoms with van der Waals surface area (Å²) in [5.41, 5.74) is 7.28. The number of nitrogens with zero attached hydrogens (tertiary/aromatic N) is 5. The van der Waals surface area contributed by atoms with Crippen LogP contribution >= 0.6 is 0 Å². The van der Waals surface area contributed by atoms with Crippen LogP contribution < -0.4 is 5.73 Å². The molecule has 11 nitrogen and oxygen atoms in total. The van der Waals surface area contributed by atoms with Gasteiger partial charge in [0.2, 0.25) is 0 Å². The lowest BCUT2D eigenvalue weighted by molar-refractivity contribution is -0.155. The highest BCUT2D eigenvalue weighted by molar-refractivity contribution is 6.20. The minimum atomic E-state index is -0.749. The van der Waals surface area contributed by atoms with E-state index in [2.05, 4.69) is 15.0 Å². The summed E-state index contributed by atoms with van der Waals surface area (Å²) >= 11 is 0. The first kappa shape index (κ1) is 17.7. The fourth-order valence-corrected chi connectivity index (χ4v) is 3.63. The number of ether oxygens (including phenoxy) is 1. The van der Waals surface area contributed by atoms with Crippen LogP contribution in [0, 0.1) is 0 Å². The molecule has 0 aliphatic carbocycles. The molecule has 0 saturated carbocycles. The number of nitrogens with two attached hydrogens (primary N) is 1. The van der Waals surface area contributed by atoms with Crippen molar-refractivity contribution in [1.29, 1.82) is 0 Å². The van der Waals surface area contributed by atoms with Crippen LogP contribution in [0.2, 0.25) is 0 Å². The van der Waals surface area contributed by atoms with Crippen LogP contribution in [0.1, 0.15) is 33.4 Å². The quantitative estimate of drug-likeness (QED) is 0.594. The Hall–Kier alpha value is -3.41. The molecule has 3 aromatic rings. The number of rotatable bonds is 4. The maximum atomic E-state index is 12.5. The van der Waals surface area contributed by atoms with Gasteiger partial charge in [0.25, 0.3) is 11.8 Å². The maximum Gasteiger partial charge on any atom is 0.285 e. The molecule has 11 heteroatoms. The van der Waals surface area contributed by atoms with E-state index >= 15 is 0 Å². The van der Waals surface area contributed by atoms with E-state index in [1.54, 1.807) is 28.8 Å². The number of carbonyl (C=O) groups is 2. The Labute approximate surface area is 163 Å². The van der Waals surface area contributed by atoms with Gasteiger partial charge < -0.3 is 15.6 Å². The van der Waals surface area contributed by atoms with Crippen LogP contribution in [-0.4, -0.2) is 60.3 Å². The van der Waals surface area contributed by atoms with E-state index in [4.69, 9.17) is 15.3 Å². The molecule has 2 aliphatic rings. The van der Waals surface area contributed by atoms with E-state index in [1.807, 2.05) is 0 Å². The summed E-state index contributed by atoms with van der Waals surface area (Å²) < 4.78 is 7.53. The number of anilines is 1. The van der Waals surface area contributed by atoms with Gasteiger partial charge >= 0.3 is 0 Å². The van der Waals surface area contributed by atoms with E-state index in [0.29, 0.717) is 11.2 Å². The van der Waals surface area contributed by atoms with Gasteiger partial charge in [-0.3, -0.25) is 19.0 Å². The number of imidazole rings is 1. The summed E-state index contributed by atoms with van der Waals surface area (Å²) in [5.74, 6) is -0.844. The van der Waals surface area contributed by atoms with Gasteiger partial charge in [0, 0.05) is 6.42 Å². The number of hydrogen-bond donors (Lipinski definition) is 2. The normalized spacial score (nSPS) is 23.9. The van der Waals surface area contributed by atoms with Gasteiger partial charge in [-0.15, -0.1) is 5.06 Å². The molecule has 3 N–H and O–H groups in total. The molecule has 0 spiro atoms. The number of fused-ring (bicyclic) bond motifs is 2. The van der Waals surface area contributed by atoms with Crippen molar-refractivity contribution in [3.05, 3.63) is 48.0 Å². The van der Waals surface area contributed by atoms with Gasteiger partial charge in [0.15, 0.2) is 11.5 Å². The molecule has 1 unspecified atom stereocenters. The summed E-state index contributed by atoms with van der Waals surface area (Å²) in [6.45, 7) is -0.353. The molecule has 5 rings (SSSR count). The average Bonchev–Trinajstić information content (AvgIpc) is 3.40. The van der Waals surface area contributed by atoms with Crippen LogP contribution in [0.15, 0.2) is 36.9 Å². The first-order valence-corrected chi connectivity index (χ1v) is 8.92. The van der Waals surface area contributed by atoms with E-state index in [9.17, 15) is 14.7 Å². The Balaban J connectivity index is 1.40. The van der Waals surface area contributed by atoms with Crippen molar-refractivity contribution >= 4 is 28.8 Å². The molecule has 29 heavy (non-hydrogen) atoms. The first-order valence-electron chi connectivity index (χ1n) is 8.92. The van der Waals surface area contributed by atoms with Crippen molar-refractivity contribution < 1.29 is 24.3 Å². The second-order valence-electron chi connectivity index (χ2n) is 6.72. The predicted molar refractivity (Wildman–Crippen MR) is 97.2 cm³/mol. The Morgan fingerprint density at radius 3 is 2.59 bits per heavy atom. The third-order valence-corrected chi connectivity index (χ3v) is 5.06. The van der Waals surface area contributed by atoms with Gasteiger partial charge in [-0.2, -0.15) is 0 Å². The van der Waals surface area contributed by atoms with Gasteiger partial charge in [-0.05, 0) is 12.1 Å². The molecule has 148 valence electrons. The minimum absolute atomic E-state index is 0.240. The molecule has 2 amide bonds. The smallest absolute Gasteiger partial charge is 0.285 e. The van der Waals surface area contributed by atoms with Crippen molar-refractivity contribution in [1.82, 2.24) is 24.6 Å². The lowest BCUT2D eigenvalue weighted by atomic mass is 10.1. The average molecular weight is 396 g/mol. The molecule has 0 bridgehead atoms. The van der Waals surface area contributed by atoms with Crippen molar-refractivity contribution in [3.8, 4) is 0 Å². The molecule has 0 radical (unpaired) electrons. The molecule has 1 aromatic carbocycles. The lowest BCUT2D eigenvalue weighted by Gasteiger charge is -2.21. The summed E-state index contributed by atoms with van der Waals surface area (Å²) in [7, 11) is 0. The minimum Gasteiger partial charge on any atom is -0.394 e. The first-order chi connectivity index (χ1) is 14.1. The van der Waals surface area contributed by atoms with Crippen molar-refractivity contribution in [2.24, 2.45) is 0 Å². The van der Waals surface area contributed by atoms with Crippen LogP contribution in [0.3, 0.4) is 0 Å². The van der Waals surface area contributed by atoms with E-state index < -0.39 is 30.3 Å². The summed E-state index contributed by atoms with van der Waals surface area (Å²) in [4.78, 5) is 43.1. The predicted octanol–water partition coefficient (Wildman–Crippen LogP) is 0.285. The van der Waals surface area contributed by atoms with E-state index in [1.165, 1.54) is 12.7 Å². The Morgan fingerprint density at radius 1 is 1.17 bits per heavy atom. The SMILES string of the molecule is Nc1ncnc2c1ncn2[C@H]1CC(ON2C(=O)c3ccccc3C2=O)[C@@H](CO)O1. The van der Waals surface area contributed by atoms with E-state index in [0.717, 1.165) is 5.06 Å². The monoisotopic (exact) mass is 396 g/mol. The lowest BCUT2D eigenvalue weighted by Crippen LogP contribution is -2.39. The zero-order valence-electron chi connectivity index (χ0n) is 15.0. The molecule has 1 fully saturated rings. The number of aliphatic hydroxyl groups is 1. The number of benzene rings is 1. The van der Waals surface area contributed by atoms with Crippen molar-refractivity contribution in [2.75, 3.05) is 12.3 Å². The number of aliphatic hydroxyl groups excluding tert-OH is 1. The van der Waals surface area contributed by atoms with Gasteiger partial charge in [0.1, 0.15) is 30.3 Å². The number of hydrogen-bond acceptors (Lipinski definition) is 9. The summed E-state index contributed by atoms with van der Waals surface area (Å²) in [5, 5.41) is 10.5. The molecular weight excluding hydrogens is 380 g/mol. The zero-order chi connectivity index (χ0) is 20.1. The highest BCUT2D eigenvalue weighted by atomic mass is 16.7. The molecule has 1 saturated heterocycles. The van der Waals surface area contributed by atoms with Gasteiger partial charge in [-0.1, -0.05) is 12.1 Å². The number of aromatic nitrogens is 4. The second kappa shape index (κ2) is 6.58. The highest BCUT2D eigenvalue weighted by Gasteiger charge is 2.44. The number of hydroxylamine groups is 2. The highest BCUT2D eigenvalue weighted by Crippen LogP contribution is 2.35. The summed E-state index contributed by atoms with van der Waals surface area (Å²) in [6.07, 6.45) is 1.03. The zero-order valence-corrected chi connectivity index (χ0v) is 15.0. The Kier molecular flexibility index (Phi) is 4.01. The second-order valence-corrected chi connectivity index (χ2v) is 6.72.